The zero-order valence-corrected chi connectivity index (χ0v) is 12.5. The standard InChI is InChI=1S/C10H12O3.C4H10N4O/c1-2-7-13-10(12)8-3-5-9(11)6-4-8;5-4(9)7-8-2-1-6-3-8/h3-6,11H,2,7H2,1H3;6H,1-3H2,(H3,5,7,9). The van der Waals surface area contributed by atoms with Crippen molar-refractivity contribution in [3.63, 3.8) is 0 Å². The summed E-state index contributed by atoms with van der Waals surface area (Å²) in [4.78, 5) is 21.4. The molecule has 1 heterocycles. The van der Waals surface area contributed by atoms with Crippen LogP contribution in [0.5, 0.6) is 5.75 Å². The first-order chi connectivity index (χ1) is 10.5. The van der Waals surface area contributed by atoms with Gasteiger partial charge in [-0.1, -0.05) is 6.92 Å². The fraction of sp³-hybridized carbons (Fsp3) is 0.429. The van der Waals surface area contributed by atoms with Crippen molar-refractivity contribution in [2.24, 2.45) is 5.73 Å². The topological polar surface area (TPSA) is 117 Å². The van der Waals surface area contributed by atoms with Gasteiger partial charge in [0.25, 0.3) is 0 Å². The number of hydrazine groups is 1. The highest BCUT2D eigenvalue weighted by atomic mass is 16.5. The number of ether oxygens (including phenoxy) is 1. The van der Waals surface area contributed by atoms with Gasteiger partial charge in [-0.05, 0) is 30.7 Å². The first-order valence-corrected chi connectivity index (χ1v) is 7.00. The first-order valence-electron chi connectivity index (χ1n) is 7.00. The lowest BCUT2D eigenvalue weighted by Crippen LogP contribution is -2.44. The number of phenols is 1. The Morgan fingerprint density at radius 1 is 1.41 bits per heavy atom. The number of carbonyl (C=O) groups is 2. The molecule has 22 heavy (non-hydrogen) atoms. The van der Waals surface area contributed by atoms with Gasteiger partial charge in [0.1, 0.15) is 5.75 Å². The number of aromatic hydroxyl groups is 1. The SMILES string of the molecule is CCCOC(=O)c1ccc(O)cc1.NC(=O)NN1CCNC1. The van der Waals surface area contributed by atoms with E-state index in [0.29, 0.717) is 18.8 Å². The first kappa shape index (κ1) is 17.7. The van der Waals surface area contributed by atoms with E-state index in [2.05, 4.69) is 10.7 Å². The summed E-state index contributed by atoms with van der Waals surface area (Å²) in [5.41, 5.74) is 7.77. The van der Waals surface area contributed by atoms with Crippen molar-refractivity contribution in [1.82, 2.24) is 15.8 Å². The monoisotopic (exact) mass is 310 g/mol. The van der Waals surface area contributed by atoms with Crippen molar-refractivity contribution in [2.45, 2.75) is 13.3 Å². The molecule has 0 aromatic heterocycles. The number of nitrogens with two attached hydrogens (primary N) is 1. The highest BCUT2D eigenvalue weighted by Crippen LogP contribution is 2.10. The largest absolute Gasteiger partial charge is 0.508 e. The van der Waals surface area contributed by atoms with E-state index in [-0.39, 0.29) is 11.7 Å². The zero-order valence-electron chi connectivity index (χ0n) is 12.5. The molecular weight excluding hydrogens is 288 g/mol. The second-order valence-corrected chi connectivity index (χ2v) is 4.58. The molecule has 1 aliphatic rings. The zero-order chi connectivity index (χ0) is 16.4. The van der Waals surface area contributed by atoms with E-state index in [9.17, 15) is 9.59 Å². The summed E-state index contributed by atoms with van der Waals surface area (Å²) in [6.07, 6.45) is 0.809. The molecule has 1 saturated heterocycles. The highest BCUT2D eigenvalue weighted by molar-refractivity contribution is 5.89. The highest BCUT2D eigenvalue weighted by Gasteiger charge is 2.10. The smallest absolute Gasteiger partial charge is 0.338 e. The molecule has 1 aliphatic heterocycles. The summed E-state index contributed by atoms with van der Waals surface area (Å²) in [6.45, 7) is 4.77. The summed E-state index contributed by atoms with van der Waals surface area (Å²) >= 11 is 0. The second kappa shape index (κ2) is 9.59. The molecule has 5 N–H and O–H groups in total. The molecule has 2 rings (SSSR count). The molecule has 0 atom stereocenters. The quantitative estimate of drug-likeness (QED) is 0.598. The second-order valence-electron chi connectivity index (χ2n) is 4.58. The van der Waals surface area contributed by atoms with E-state index in [0.717, 1.165) is 19.5 Å². The molecule has 122 valence electrons. The Hall–Kier alpha value is -2.32. The van der Waals surface area contributed by atoms with E-state index in [4.69, 9.17) is 15.6 Å². The van der Waals surface area contributed by atoms with Crippen LogP contribution in [0.3, 0.4) is 0 Å². The van der Waals surface area contributed by atoms with Gasteiger partial charge in [0, 0.05) is 13.1 Å². The predicted octanol–water partition coefficient (Wildman–Crippen LogP) is 0.391. The number of nitrogens with zero attached hydrogens (tertiary/aromatic N) is 1. The number of rotatable bonds is 4. The van der Waals surface area contributed by atoms with Crippen LogP contribution in [-0.4, -0.2) is 48.5 Å². The average Bonchev–Trinajstić information content (AvgIpc) is 2.98. The molecule has 1 fully saturated rings. The van der Waals surface area contributed by atoms with Crippen molar-refractivity contribution >= 4 is 12.0 Å². The molecule has 8 nitrogen and oxygen atoms in total. The minimum Gasteiger partial charge on any atom is -0.508 e. The Kier molecular flexibility index (Phi) is 7.73. The van der Waals surface area contributed by atoms with Gasteiger partial charge in [0.2, 0.25) is 0 Å². The number of benzene rings is 1. The van der Waals surface area contributed by atoms with Gasteiger partial charge in [-0.15, -0.1) is 0 Å². The van der Waals surface area contributed by atoms with Crippen molar-refractivity contribution in [1.29, 1.82) is 0 Å². The maximum absolute atomic E-state index is 11.2. The van der Waals surface area contributed by atoms with Crippen LogP contribution in [0.1, 0.15) is 23.7 Å². The van der Waals surface area contributed by atoms with Crippen LogP contribution in [-0.2, 0) is 4.74 Å². The Balaban J connectivity index is 0.000000235. The lowest BCUT2D eigenvalue weighted by molar-refractivity contribution is 0.0505. The Morgan fingerprint density at radius 2 is 2.09 bits per heavy atom. The molecule has 0 saturated carbocycles. The predicted molar refractivity (Wildman–Crippen MR) is 81.0 cm³/mol. The molecule has 0 aliphatic carbocycles. The Morgan fingerprint density at radius 3 is 2.59 bits per heavy atom. The maximum Gasteiger partial charge on any atom is 0.338 e. The van der Waals surface area contributed by atoms with Crippen LogP contribution in [0.15, 0.2) is 24.3 Å². The van der Waals surface area contributed by atoms with Crippen molar-refractivity contribution in [3.8, 4) is 5.75 Å². The van der Waals surface area contributed by atoms with Gasteiger partial charge < -0.3 is 20.9 Å². The Bertz CT molecular complexity index is 472. The third-order valence-electron chi connectivity index (χ3n) is 2.67. The number of hydrogen-bond donors (Lipinski definition) is 4. The summed E-state index contributed by atoms with van der Waals surface area (Å²) in [5, 5.41) is 13.7. The Labute approximate surface area is 129 Å². The van der Waals surface area contributed by atoms with Crippen LogP contribution in [0.4, 0.5) is 4.79 Å². The minimum atomic E-state index is -0.501. The van der Waals surface area contributed by atoms with Gasteiger partial charge in [0.05, 0.1) is 18.8 Å². The fourth-order valence-electron chi connectivity index (χ4n) is 1.63. The average molecular weight is 310 g/mol. The number of nitrogens with one attached hydrogen (secondary N) is 2. The number of carbonyl (C=O) groups excluding carboxylic acids is 2. The lowest BCUT2D eigenvalue weighted by Gasteiger charge is -2.12. The molecular formula is C14H22N4O4. The van der Waals surface area contributed by atoms with Gasteiger partial charge in [0.15, 0.2) is 0 Å². The minimum absolute atomic E-state index is 0.145. The van der Waals surface area contributed by atoms with Gasteiger partial charge >= 0.3 is 12.0 Å². The van der Waals surface area contributed by atoms with E-state index in [1.54, 1.807) is 5.01 Å². The lowest BCUT2D eigenvalue weighted by atomic mass is 10.2. The fourth-order valence-corrected chi connectivity index (χ4v) is 1.63. The van der Waals surface area contributed by atoms with Crippen LogP contribution in [0, 0.1) is 0 Å². The van der Waals surface area contributed by atoms with Crippen molar-refractivity contribution < 1.29 is 19.4 Å². The number of esters is 1. The third kappa shape index (κ3) is 6.91. The molecule has 1 aromatic carbocycles. The van der Waals surface area contributed by atoms with Crippen molar-refractivity contribution in [2.75, 3.05) is 26.4 Å². The molecule has 0 bridgehead atoms. The normalized spacial score (nSPS) is 13.9. The number of amides is 2. The molecule has 1 aromatic rings. The summed E-state index contributed by atoms with van der Waals surface area (Å²) in [6, 6.07) is 5.49. The van der Waals surface area contributed by atoms with Crippen LogP contribution in [0.2, 0.25) is 0 Å². The summed E-state index contributed by atoms with van der Waals surface area (Å²) in [5.74, 6) is -0.200. The molecule has 2 amide bonds. The van der Waals surface area contributed by atoms with E-state index >= 15 is 0 Å². The van der Waals surface area contributed by atoms with Crippen LogP contribution >= 0.6 is 0 Å². The van der Waals surface area contributed by atoms with Crippen molar-refractivity contribution in [3.05, 3.63) is 29.8 Å². The van der Waals surface area contributed by atoms with Crippen LogP contribution < -0.4 is 16.5 Å². The maximum atomic E-state index is 11.2. The molecule has 8 heteroatoms. The number of phenolic OH excluding ortho intramolecular Hbond substituents is 1. The van der Waals surface area contributed by atoms with Gasteiger partial charge in [-0.25, -0.2) is 14.6 Å². The summed E-state index contributed by atoms with van der Waals surface area (Å²) in [7, 11) is 0. The van der Waals surface area contributed by atoms with Gasteiger partial charge in [-0.3, -0.25) is 5.43 Å². The van der Waals surface area contributed by atoms with Gasteiger partial charge in [-0.2, -0.15) is 0 Å². The van der Waals surface area contributed by atoms with E-state index < -0.39 is 6.03 Å². The molecule has 0 unspecified atom stereocenters. The molecule has 0 spiro atoms. The number of hydrogen-bond acceptors (Lipinski definition) is 6. The summed E-state index contributed by atoms with van der Waals surface area (Å²) < 4.78 is 4.90. The third-order valence-corrected chi connectivity index (χ3v) is 2.67. The molecule has 0 radical (unpaired) electrons. The number of urea groups is 1. The number of primary amides is 1. The van der Waals surface area contributed by atoms with E-state index in [1.807, 2.05) is 6.92 Å². The van der Waals surface area contributed by atoms with E-state index in [1.165, 1.54) is 24.3 Å². The van der Waals surface area contributed by atoms with Crippen LogP contribution in [0.25, 0.3) is 0 Å².